The van der Waals surface area contributed by atoms with Crippen LogP contribution in [0.25, 0.3) is 27.6 Å². The Morgan fingerprint density at radius 1 is 1.12 bits per heavy atom. The van der Waals surface area contributed by atoms with Gasteiger partial charge in [0.1, 0.15) is 17.2 Å². The number of rotatable bonds is 6. The highest BCUT2D eigenvalue weighted by molar-refractivity contribution is 6.05. The van der Waals surface area contributed by atoms with Gasteiger partial charge in [-0.05, 0) is 68.1 Å². The number of aryl methyl sites for hydroxylation is 1. The Labute approximate surface area is 231 Å². The molecule has 0 aliphatic carbocycles. The maximum absolute atomic E-state index is 13.8. The van der Waals surface area contributed by atoms with Gasteiger partial charge >= 0.3 is 0 Å². The maximum atomic E-state index is 13.8. The zero-order valence-electron chi connectivity index (χ0n) is 22.5. The Morgan fingerprint density at radius 2 is 1.93 bits per heavy atom. The first kappa shape index (κ1) is 24.6. The monoisotopic (exact) mass is 536 g/mol. The van der Waals surface area contributed by atoms with E-state index in [0.717, 1.165) is 43.9 Å². The third kappa shape index (κ3) is 4.34. The molecule has 5 heterocycles. The molecule has 0 saturated carbocycles. The van der Waals surface area contributed by atoms with Gasteiger partial charge in [-0.25, -0.2) is 4.98 Å². The van der Waals surface area contributed by atoms with Crippen LogP contribution in [0.1, 0.15) is 30.4 Å². The van der Waals surface area contributed by atoms with E-state index in [4.69, 9.17) is 15.5 Å². The van der Waals surface area contributed by atoms with Gasteiger partial charge in [0.25, 0.3) is 5.56 Å². The van der Waals surface area contributed by atoms with Crippen LogP contribution in [0, 0.1) is 0 Å². The number of fused-ring (bicyclic) bond motifs is 4. The van der Waals surface area contributed by atoms with Crippen LogP contribution in [0.3, 0.4) is 0 Å². The van der Waals surface area contributed by atoms with E-state index in [1.807, 2.05) is 42.3 Å². The number of nitrogens with two attached hydrogens (primary N) is 1. The molecule has 10 nitrogen and oxygen atoms in total. The molecule has 0 amide bonds. The second kappa shape index (κ2) is 9.95. The standard InChI is InChI=1S/C30H32N8O2/c1-36(18-22-13-10-20-6-2-3-7-24(20)40-22)30-32-16-23-26-25(27(31)35-34-26)29(39)38(28(23)33-30)21-11-8-19(9-12-21)17-37-14-4-5-15-37/h2-3,6-9,11-12,16,22H,4-5,10,13-15,17-18H2,1H3,(H3,31,34,35)/t22-/m1/s1. The molecule has 3 N–H and O–H groups in total. The molecule has 0 bridgehead atoms. The van der Waals surface area contributed by atoms with Gasteiger partial charge in [0.15, 0.2) is 11.5 Å². The number of likely N-dealkylation sites (tertiary alicyclic amines) is 1. The van der Waals surface area contributed by atoms with Crippen molar-refractivity contribution in [3.63, 3.8) is 0 Å². The lowest BCUT2D eigenvalue weighted by atomic mass is 10.0. The first-order valence-electron chi connectivity index (χ1n) is 13.9. The number of likely N-dealkylation sites (N-methyl/N-ethyl adjacent to an activating group) is 1. The number of nitrogen functional groups attached to an aromatic ring is 1. The molecule has 1 fully saturated rings. The number of aromatic nitrogens is 5. The van der Waals surface area contributed by atoms with Crippen LogP contribution in [-0.4, -0.2) is 62.4 Å². The molecule has 204 valence electrons. The highest BCUT2D eigenvalue weighted by Crippen LogP contribution is 2.29. The van der Waals surface area contributed by atoms with Gasteiger partial charge in [-0.1, -0.05) is 30.3 Å². The number of hydrogen-bond acceptors (Lipinski definition) is 8. The topological polar surface area (TPSA) is 118 Å². The average Bonchev–Trinajstić information content (AvgIpc) is 3.63. The number of nitrogens with zero attached hydrogens (tertiary/aromatic N) is 6. The Balaban J connectivity index is 1.25. The van der Waals surface area contributed by atoms with Crippen molar-refractivity contribution in [2.24, 2.45) is 0 Å². The third-order valence-corrected chi connectivity index (χ3v) is 8.07. The molecular weight excluding hydrogens is 504 g/mol. The van der Waals surface area contributed by atoms with E-state index in [-0.39, 0.29) is 17.5 Å². The number of anilines is 2. The van der Waals surface area contributed by atoms with Gasteiger partial charge in [0, 0.05) is 19.8 Å². The number of ether oxygens (including phenoxy) is 1. The summed E-state index contributed by atoms with van der Waals surface area (Å²) in [5.41, 5.74) is 10.1. The number of H-pyrrole nitrogens is 1. The van der Waals surface area contributed by atoms with Gasteiger partial charge in [0.2, 0.25) is 5.95 Å². The quantitative estimate of drug-likeness (QED) is 0.338. The molecule has 7 rings (SSSR count). The smallest absolute Gasteiger partial charge is 0.270 e. The summed E-state index contributed by atoms with van der Waals surface area (Å²) in [7, 11) is 1.95. The second-order valence-electron chi connectivity index (χ2n) is 10.8. The fraction of sp³-hybridized carbons (Fsp3) is 0.333. The third-order valence-electron chi connectivity index (χ3n) is 8.07. The molecule has 0 spiro atoms. The molecule has 1 atom stereocenters. The average molecular weight is 537 g/mol. The van der Waals surface area contributed by atoms with E-state index in [2.05, 4.69) is 38.3 Å². The first-order valence-corrected chi connectivity index (χ1v) is 13.9. The largest absolute Gasteiger partial charge is 0.488 e. The predicted octanol–water partition coefficient (Wildman–Crippen LogP) is 3.67. The van der Waals surface area contributed by atoms with Crippen LogP contribution in [0.15, 0.2) is 59.5 Å². The number of para-hydroxylation sites is 1. The molecule has 0 radical (unpaired) electrons. The van der Waals surface area contributed by atoms with E-state index in [9.17, 15) is 4.79 Å². The molecule has 3 aromatic heterocycles. The van der Waals surface area contributed by atoms with Gasteiger partial charge in [-0.3, -0.25) is 19.4 Å². The number of aromatic amines is 1. The van der Waals surface area contributed by atoms with Gasteiger partial charge in [-0.2, -0.15) is 10.1 Å². The van der Waals surface area contributed by atoms with Gasteiger partial charge < -0.3 is 15.4 Å². The molecule has 1 saturated heterocycles. The molecule has 40 heavy (non-hydrogen) atoms. The fourth-order valence-corrected chi connectivity index (χ4v) is 5.95. The van der Waals surface area contributed by atoms with Crippen molar-refractivity contribution < 1.29 is 4.74 Å². The summed E-state index contributed by atoms with van der Waals surface area (Å²) < 4.78 is 7.88. The van der Waals surface area contributed by atoms with Crippen LogP contribution in [-0.2, 0) is 13.0 Å². The maximum Gasteiger partial charge on any atom is 0.270 e. The van der Waals surface area contributed by atoms with Crippen LogP contribution < -0.4 is 20.9 Å². The minimum atomic E-state index is -0.263. The molecular formula is C30H32N8O2. The predicted molar refractivity (Wildman–Crippen MR) is 156 cm³/mol. The summed E-state index contributed by atoms with van der Waals surface area (Å²) in [5, 5.41) is 8.05. The minimum Gasteiger partial charge on any atom is -0.488 e. The highest BCUT2D eigenvalue weighted by atomic mass is 16.5. The zero-order chi connectivity index (χ0) is 27.2. The van der Waals surface area contributed by atoms with Gasteiger partial charge in [-0.15, -0.1) is 0 Å². The summed E-state index contributed by atoms with van der Waals surface area (Å²) in [4.78, 5) is 27.8. The summed E-state index contributed by atoms with van der Waals surface area (Å²) in [6.07, 6.45) is 6.14. The van der Waals surface area contributed by atoms with E-state index in [1.165, 1.54) is 24.0 Å². The lowest BCUT2D eigenvalue weighted by Gasteiger charge is -2.29. The van der Waals surface area contributed by atoms with Crippen LogP contribution in [0.5, 0.6) is 5.75 Å². The van der Waals surface area contributed by atoms with Crippen molar-refractivity contribution >= 4 is 33.7 Å². The van der Waals surface area contributed by atoms with Crippen molar-refractivity contribution in [2.45, 2.75) is 38.3 Å². The van der Waals surface area contributed by atoms with Crippen molar-refractivity contribution in [2.75, 3.05) is 37.3 Å². The summed E-state index contributed by atoms with van der Waals surface area (Å²) in [5.74, 6) is 1.62. The van der Waals surface area contributed by atoms with Crippen LogP contribution in [0.4, 0.5) is 11.8 Å². The molecule has 2 aromatic carbocycles. The summed E-state index contributed by atoms with van der Waals surface area (Å²) in [6, 6.07) is 16.3. The zero-order valence-corrected chi connectivity index (χ0v) is 22.5. The molecule has 2 aliphatic heterocycles. The normalized spacial score (nSPS) is 17.3. The van der Waals surface area contributed by atoms with E-state index in [1.54, 1.807) is 10.8 Å². The van der Waals surface area contributed by atoms with Crippen molar-refractivity contribution in [3.8, 4) is 11.4 Å². The minimum absolute atomic E-state index is 0.0134. The summed E-state index contributed by atoms with van der Waals surface area (Å²) in [6.45, 7) is 3.80. The molecule has 10 heteroatoms. The number of pyridine rings is 1. The number of hydrogen-bond donors (Lipinski definition) is 2. The molecule has 2 aliphatic rings. The Morgan fingerprint density at radius 3 is 2.75 bits per heavy atom. The molecule has 5 aromatic rings. The lowest BCUT2D eigenvalue weighted by molar-refractivity contribution is 0.179. The van der Waals surface area contributed by atoms with Gasteiger partial charge in [0.05, 0.1) is 23.1 Å². The Kier molecular flexibility index (Phi) is 6.11. The van der Waals surface area contributed by atoms with E-state index in [0.29, 0.717) is 34.4 Å². The van der Waals surface area contributed by atoms with E-state index < -0.39 is 0 Å². The Bertz CT molecular complexity index is 1750. The van der Waals surface area contributed by atoms with E-state index >= 15 is 0 Å². The Hall–Kier alpha value is -4.44. The second-order valence-corrected chi connectivity index (χ2v) is 10.8. The van der Waals surface area contributed by atoms with Crippen molar-refractivity contribution in [1.82, 2.24) is 29.6 Å². The molecule has 0 unspecified atom stereocenters. The van der Waals surface area contributed by atoms with Crippen LogP contribution in [0.2, 0.25) is 0 Å². The fourth-order valence-electron chi connectivity index (χ4n) is 5.95. The number of benzene rings is 2. The highest BCUT2D eigenvalue weighted by Gasteiger charge is 2.24. The van der Waals surface area contributed by atoms with Crippen molar-refractivity contribution in [3.05, 3.63) is 76.2 Å². The SMILES string of the molecule is CN(C[C@H]1CCc2ccccc2O1)c1ncc2c3[nH]nc(N)c3c(=O)n(-c3ccc(CN4CCCC4)cc3)c2n1. The summed E-state index contributed by atoms with van der Waals surface area (Å²) >= 11 is 0. The number of nitrogens with one attached hydrogen (secondary N) is 1. The van der Waals surface area contributed by atoms with Crippen molar-refractivity contribution in [1.29, 1.82) is 0 Å². The lowest BCUT2D eigenvalue weighted by Crippen LogP contribution is -2.36. The first-order chi connectivity index (χ1) is 19.5. The van der Waals surface area contributed by atoms with Crippen LogP contribution >= 0.6 is 0 Å².